The van der Waals surface area contributed by atoms with E-state index in [4.69, 9.17) is 0 Å². The number of nitrogens with one attached hydrogen (secondary N) is 1. The van der Waals surface area contributed by atoms with E-state index >= 15 is 0 Å². The van der Waals surface area contributed by atoms with Crippen LogP contribution in [0.5, 0.6) is 0 Å². The SMILES string of the molecule is CCC(C)n1nccc1NC(=O)c1sc(-c2ccsc2)nc1C. The number of thiazole rings is 1. The van der Waals surface area contributed by atoms with Crippen molar-refractivity contribution < 1.29 is 4.79 Å². The van der Waals surface area contributed by atoms with Gasteiger partial charge in [-0.15, -0.1) is 11.3 Å². The molecule has 5 nitrogen and oxygen atoms in total. The molecule has 0 fully saturated rings. The maximum absolute atomic E-state index is 12.6. The number of nitrogens with zero attached hydrogens (tertiary/aromatic N) is 3. The summed E-state index contributed by atoms with van der Waals surface area (Å²) in [5.74, 6) is 0.584. The number of carbonyl (C=O) groups excluding carboxylic acids is 1. The molecule has 3 heterocycles. The van der Waals surface area contributed by atoms with Crippen LogP contribution in [0.4, 0.5) is 5.82 Å². The molecule has 0 aliphatic carbocycles. The Morgan fingerprint density at radius 1 is 1.43 bits per heavy atom. The van der Waals surface area contributed by atoms with Crippen LogP contribution in [0.25, 0.3) is 10.6 Å². The fourth-order valence-corrected chi connectivity index (χ4v) is 3.90. The third kappa shape index (κ3) is 3.20. The van der Waals surface area contributed by atoms with Gasteiger partial charge in [0.15, 0.2) is 0 Å². The Bertz CT molecular complexity index is 804. The largest absolute Gasteiger partial charge is 0.306 e. The van der Waals surface area contributed by atoms with Gasteiger partial charge in [0.25, 0.3) is 5.91 Å². The van der Waals surface area contributed by atoms with Crippen molar-refractivity contribution in [2.45, 2.75) is 33.2 Å². The molecule has 7 heteroatoms. The van der Waals surface area contributed by atoms with Gasteiger partial charge in [-0.3, -0.25) is 4.79 Å². The van der Waals surface area contributed by atoms with Crippen LogP contribution in [0.2, 0.25) is 0 Å². The third-order valence-electron chi connectivity index (χ3n) is 3.69. The highest BCUT2D eigenvalue weighted by Gasteiger charge is 2.18. The molecule has 1 N–H and O–H groups in total. The topological polar surface area (TPSA) is 59.8 Å². The fourth-order valence-electron chi connectivity index (χ4n) is 2.23. The average molecular weight is 346 g/mol. The summed E-state index contributed by atoms with van der Waals surface area (Å²) in [5.41, 5.74) is 1.81. The Morgan fingerprint density at radius 3 is 2.96 bits per heavy atom. The molecule has 0 aromatic carbocycles. The number of carbonyl (C=O) groups is 1. The van der Waals surface area contributed by atoms with E-state index in [-0.39, 0.29) is 11.9 Å². The lowest BCUT2D eigenvalue weighted by Gasteiger charge is -2.13. The second kappa shape index (κ2) is 6.64. The molecule has 1 atom stereocenters. The van der Waals surface area contributed by atoms with Crippen LogP contribution in [0.15, 0.2) is 29.1 Å². The Kier molecular flexibility index (Phi) is 4.58. The van der Waals surface area contributed by atoms with Crippen LogP contribution < -0.4 is 5.32 Å². The molecule has 1 amide bonds. The molecule has 1 unspecified atom stereocenters. The van der Waals surface area contributed by atoms with Gasteiger partial charge in [0.05, 0.1) is 17.9 Å². The number of thiophene rings is 1. The maximum atomic E-state index is 12.6. The summed E-state index contributed by atoms with van der Waals surface area (Å²) in [7, 11) is 0. The molecule has 0 radical (unpaired) electrons. The minimum atomic E-state index is -0.133. The molecule has 23 heavy (non-hydrogen) atoms. The van der Waals surface area contributed by atoms with Crippen LogP contribution in [0.1, 0.15) is 41.7 Å². The summed E-state index contributed by atoms with van der Waals surface area (Å²) in [6.07, 6.45) is 2.66. The maximum Gasteiger partial charge on any atom is 0.268 e. The van der Waals surface area contributed by atoms with Crippen molar-refractivity contribution in [1.29, 1.82) is 0 Å². The van der Waals surface area contributed by atoms with Gasteiger partial charge < -0.3 is 5.32 Å². The highest BCUT2D eigenvalue weighted by atomic mass is 32.1. The predicted molar refractivity (Wildman–Crippen MR) is 95.3 cm³/mol. The Hall–Kier alpha value is -1.99. The van der Waals surface area contributed by atoms with Crippen LogP contribution >= 0.6 is 22.7 Å². The number of aryl methyl sites for hydroxylation is 1. The summed E-state index contributed by atoms with van der Waals surface area (Å²) < 4.78 is 1.84. The summed E-state index contributed by atoms with van der Waals surface area (Å²) in [6.45, 7) is 6.04. The summed E-state index contributed by atoms with van der Waals surface area (Å²) >= 11 is 3.04. The van der Waals surface area contributed by atoms with Crippen molar-refractivity contribution in [3.63, 3.8) is 0 Å². The highest BCUT2D eigenvalue weighted by Crippen LogP contribution is 2.30. The van der Waals surface area contributed by atoms with Crippen LogP contribution in [-0.4, -0.2) is 20.7 Å². The molecule has 3 aromatic rings. The quantitative estimate of drug-likeness (QED) is 0.734. The minimum Gasteiger partial charge on any atom is -0.306 e. The summed E-state index contributed by atoms with van der Waals surface area (Å²) in [6, 6.07) is 4.08. The first-order chi connectivity index (χ1) is 11.1. The van der Waals surface area contributed by atoms with E-state index in [0.29, 0.717) is 10.7 Å². The van der Waals surface area contributed by atoms with E-state index in [1.165, 1.54) is 11.3 Å². The second-order valence-electron chi connectivity index (χ2n) is 5.32. The van der Waals surface area contributed by atoms with E-state index in [0.717, 1.165) is 22.7 Å². The summed E-state index contributed by atoms with van der Waals surface area (Å²) in [4.78, 5) is 17.8. The molecule has 3 aromatic heterocycles. The fraction of sp³-hybridized carbons (Fsp3) is 0.312. The van der Waals surface area contributed by atoms with Crippen LogP contribution in [0, 0.1) is 6.92 Å². The summed E-state index contributed by atoms with van der Waals surface area (Å²) in [5, 5.41) is 12.2. The first-order valence-electron chi connectivity index (χ1n) is 7.45. The normalized spacial score (nSPS) is 12.3. The number of rotatable bonds is 5. The zero-order chi connectivity index (χ0) is 16.4. The van der Waals surface area contributed by atoms with Gasteiger partial charge in [-0.1, -0.05) is 6.92 Å². The van der Waals surface area contributed by atoms with E-state index in [1.54, 1.807) is 17.5 Å². The minimum absolute atomic E-state index is 0.133. The molecule has 0 aliphatic heterocycles. The Balaban J connectivity index is 1.83. The lowest BCUT2D eigenvalue weighted by molar-refractivity contribution is 0.102. The van der Waals surface area contributed by atoms with Gasteiger partial charge in [-0.25, -0.2) is 9.67 Å². The molecule has 0 saturated heterocycles. The first kappa shape index (κ1) is 15.9. The lowest BCUT2D eigenvalue weighted by atomic mass is 10.3. The van der Waals surface area contributed by atoms with Crippen LogP contribution in [0.3, 0.4) is 0 Å². The molecule has 0 spiro atoms. The van der Waals surface area contributed by atoms with Crippen molar-refractivity contribution in [3.8, 4) is 10.6 Å². The number of amides is 1. The van der Waals surface area contributed by atoms with Gasteiger partial charge >= 0.3 is 0 Å². The second-order valence-corrected chi connectivity index (χ2v) is 7.10. The Morgan fingerprint density at radius 2 is 2.26 bits per heavy atom. The highest BCUT2D eigenvalue weighted by molar-refractivity contribution is 7.17. The predicted octanol–water partition coefficient (Wildman–Crippen LogP) is 4.60. The molecule has 120 valence electrons. The first-order valence-corrected chi connectivity index (χ1v) is 9.21. The standard InChI is InChI=1S/C16H18N4OS2/c1-4-10(2)20-13(5-7-17-20)19-15(21)14-11(3)18-16(23-14)12-6-8-22-9-12/h5-10H,4H2,1-3H3,(H,19,21). The van der Waals surface area contributed by atoms with Gasteiger partial charge in [0.1, 0.15) is 15.7 Å². The van der Waals surface area contributed by atoms with Gasteiger partial charge in [0.2, 0.25) is 0 Å². The van der Waals surface area contributed by atoms with E-state index in [9.17, 15) is 4.79 Å². The van der Waals surface area contributed by atoms with Crippen molar-refractivity contribution in [2.75, 3.05) is 5.32 Å². The van der Waals surface area contributed by atoms with E-state index in [1.807, 2.05) is 34.5 Å². The molecule has 3 rings (SSSR count). The number of hydrogen-bond acceptors (Lipinski definition) is 5. The smallest absolute Gasteiger partial charge is 0.268 e. The molecule has 0 aliphatic rings. The number of anilines is 1. The van der Waals surface area contributed by atoms with Crippen molar-refractivity contribution in [2.24, 2.45) is 0 Å². The Labute approximate surface area is 143 Å². The van der Waals surface area contributed by atoms with Gasteiger partial charge in [-0.2, -0.15) is 16.4 Å². The average Bonchev–Trinajstić information content (AvgIpc) is 3.25. The molecular weight excluding hydrogens is 328 g/mol. The van der Waals surface area contributed by atoms with Gasteiger partial charge in [0, 0.05) is 17.0 Å². The molecular formula is C16H18N4OS2. The lowest BCUT2D eigenvalue weighted by Crippen LogP contribution is -2.17. The number of aromatic nitrogens is 3. The zero-order valence-corrected chi connectivity index (χ0v) is 14.9. The number of hydrogen-bond donors (Lipinski definition) is 1. The van der Waals surface area contributed by atoms with Crippen molar-refractivity contribution in [3.05, 3.63) is 39.7 Å². The monoisotopic (exact) mass is 346 g/mol. The van der Waals surface area contributed by atoms with E-state index < -0.39 is 0 Å². The van der Waals surface area contributed by atoms with Crippen molar-refractivity contribution in [1.82, 2.24) is 14.8 Å². The zero-order valence-electron chi connectivity index (χ0n) is 13.2. The van der Waals surface area contributed by atoms with Crippen LogP contribution in [-0.2, 0) is 0 Å². The van der Waals surface area contributed by atoms with E-state index in [2.05, 4.69) is 29.2 Å². The third-order valence-corrected chi connectivity index (χ3v) is 5.58. The molecule has 0 bridgehead atoms. The molecule has 0 saturated carbocycles. The van der Waals surface area contributed by atoms with Gasteiger partial charge in [-0.05, 0) is 31.7 Å². The van der Waals surface area contributed by atoms with Crippen molar-refractivity contribution >= 4 is 34.4 Å².